The molecule has 2 aromatic carbocycles. The van der Waals surface area contributed by atoms with Crippen molar-refractivity contribution < 1.29 is 14.7 Å². The Morgan fingerprint density at radius 2 is 1.73 bits per heavy atom. The van der Waals surface area contributed by atoms with Crippen LogP contribution < -0.4 is 16.4 Å². The number of carbonyl (C=O) groups excluding carboxylic acids is 1. The normalized spacial score (nSPS) is 11.3. The van der Waals surface area contributed by atoms with Crippen molar-refractivity contribution >= 4 is 12.0 Å². The van der Waals surface area contributed by atoms with E-state index < -0.39 is 18.0 Å². The molecule has 7 nitrogen and oxygen atoms in total. The van der Waals surface area contributed by atoms with Crippen LogP contribution in [0.4, 0.5) is 4.79 Å². The zero-order valence-corrected chi connectivity index (χ0v) is 14.1. The predicted octanol–water partition coefficient (Wildman–Crippen LogP) is 1.51. The summed E-state index contributed by atoms with van der Waals surface area (Å²) in [7, 11) is 0. The van der Waals surface area contributed by atoms with Gasteiger partial charge in [-0.25, -0.2) is 4.79 Å². The van der Waals surface area contributed by atoms with E-state index in [2.05, 4.69) is 10.6 Å². The van der Waals surface area contributed by atoms with Crippen molar-refractivity contribution in [2.75, 3.05) is 0 Å². The highest BCUT2D eigenvalue weighted by molar-refractivity contribution is 5.74. The molecule has 7 heteroatoms. The lowest BCUT2D eigenvalue weighted by molar-refractivity contribution is -0.139. The minimum atomic E-state index is -0.949. The number of nitriles is 1. The van der Waals surface area contributed by atoms with E-state index in [0.29, 0.717) is 18.7 Å². The lowest BCUT2D eigenvalue weighted by atomic mass is 10.0. The van der Waals surface area contributed by atoms with Gasteiger partial charge in [-0.3, -0.25) is 4.79 Å². The van der Waals surface area contributed by atoms with E-state index in [-0.39, 0.29) is 6.42 Å². The van der Waals surface area contributed by atoms with Crippen LogP contribution in [-0.2, 0) is 24.3 Å². The summed E-state index contributed by atoms with van der Waals surface area (Å²) in [5, 5.41) is 23.9. The van der Waals surface area contributed by atoms with Crippen molar-refractivity contribution in [2.24, 2.45) is 5.73 Å². The Bertz CT molecular complexity index is 812. The van der Waals surface area contributed by atoms with E-state index in [0.717, 1.165) is 16.7 Å². The van der Waals surface area contributed by atoms with Gasteiger partial charge in [-0.1, -0.05) is 36.4 Å². The number of nitrogens with one attached hydrogen (secondary N) is 2. The quantitative estimate of drug-likeness (QED) is 0.572. The number of rotatable bonds is 8. The van der Waals surface area contributed by atoms with Gasteiger partial charge < -0.3 is 21.5 Å². The summed E-state index contributed by atoms with van der Waals surface area (Å²) < 4.78 is 0. The number of carboxylic acids is 1. The van der Waals surface area contributed by atoms with Gasteiger partial charge in [-0.15, -0.1) is 0 Å². The third-order valence-electron chi connectivity index (χ3n) is 3.84. The Balaban J connectivity index is 1.94. The van der Waals surface area contributed by atoms with Crippen molar-refractivity contribution in [3.8, 4) is 6.07 Å². The van der Waals surface area contributed by atoms with E-state index in [9.17, 15) is 14.7 Å². The largest absolute Gasteiger partial charge is 0.480 e. The molecule has 134 valence electrons. The Morgan fingerprint density at radius 3 is 2.31 bits per heavy atom. The van der Waals surface area contributed by atoms with E-state index in [1.54, 1.807) is 24.3 Å². The Morgan fingerprint density at radius 1 is 1.08 bits per heavy atom. The van der Waals surface area contributed by atoms with Crippen molar-refractivity contribution in [1.29, 1.82) is 5.26 Å². The molecule has 26 heavy (non-hydrogen) atoms. The number of amides is 2. The Kier molecular flexibility index (Phi) is 6.71. The van der Waals surface area contributed by atoms with Gasteiger partial charge in [0.15, 0.2) is 0 Å². The monoisotopic (exact) mass is 352 g/mol. The van der Waals surface area contributed by atoms with Crippen LogP contribution in [0.25, 0.3) is 0 Å². The molecular formula is C19H20N4O3. The van der Waals surface area contributed by atoms with Crippen LogP contribution in [0, 0.1) is 11.3 Å². The zero-order chi connectivity index (χ0) is 18.9. The van der Waals surface area contributed by atoms with E-state index in [1.807, 2.05) is 30.3 Å². The second-order valence-electron chi connectivity index (χ2n) is 5.82. The molecule has 1 unspecified atom stereocenters. The highest BCUT2D eigenvalue weighted by atomic mass is 16.4. The maximum absolute atomic E-state index is 11.5. The molecule has 2 rings (SSSR count). The van der Waals surface area contributed by atoms with Gasteiger partial charge in [-0.2, -0.15) is 5.26 Å². The van der Waals surface area contributed by atoms with Crippen LogP contribution >= 0.6 is 0 Å². The second kappa shape index (κ2) is 9.20. The third-order valence-corrected chi connectivity index (χ3v) is 3.84. The summed E-state index contributed by atoms with van der Waals surface area (Å²) in [6.07, 6.45) is 0.283. The first-order valence-electron chi connectivity index (χ1n) is 8.04. The maximum Gasteiger partial charge on any atom is 0.321 e. The van der Waals surface area contributed by atoms with Gasteiger partial charge in [0, 0.05) is 13.1 Å². The first kappa shape index (κ1) is 19.0. The first-order valence-corrected chi connectivity index (χ1v) is 8.04. The van der Waals surface area contributed by atoms with Crippen molar-refractivity contribution in [1.82, 2.24) is 10.6 Å². The fourth-order valence-electron chi connectivity index (χ4n) is 2.46. The van der Waals surface area contributed by atoms with Crippen molar-refractivity contribution in [2.45, 2.75) is 25.6 Å². The van der Waals surface area contributed by atoms with Gasteiger partial charge in [0.2, 0.25) is 0 Å². The number of hydrogen-bond donors (Lipinski definition) is 4. The molecule has 0 aliphatic heterocycles. The van der Waals surface area contributed by atoms with Crippen LogP contribution in [0.1, 0.15) is 22.3 Å². The fraction of sp³-hybridized carbons (Fsp3) is 0.211. The number of urea groups is 1. The summed E-state index contributed by atoms with van der Waals surface area (Å²) in [5.74, 6) is -0.949. The Hall–Kier alpha value is -3.37. The molecule has 0 aromatic heterocycles. The molecule has 2 amide bonds. The molecule has 0 saturated heterocycles. The summed E-state index contributed by atoms with van der Waals surface area (Å²) in [6, 6.07) is 15.0. The average Bonchev–Trinajstić information content (AvgIpc) is 2.64. The average molecular weight is 352 g/mol. The summed E-state index contributed by atoms with van der Waals surface area (Å²) in [5.41, 5.74) is 8.14. The van der Waals surface area contributed by atoms with Crippen LogP contribution in [0.15, 0.2) is 48.5 Å². The molecule has 5 N–H and O–H groups in total. The number of benzene rings is 2. The lowest BCUT2D eigenvalue weighted by Gasteiger charge is -2.15. The number of carbonyl (C=O) groups is 2. The van der Waals surface area contributed by atoms with Gasteiger partial charge in [0.1, 0.15) is 6.04 Å². The molecule has 2 aromatic rings. The summed E-state index contributed by atoms with van der Waals surface area (Å²) in [4.78, 5) is 22.2. The number of carboxylic acid groups (broad SMARTS) is 1. The van der Waals surface area contributed by atoms with Gasteiger partial charge in [0.05, 0.1) is 11.6 Å². The van der Waals surface area contributed by atoms with Crippen LogP contribution in [0.3, 0.4) is 0 Å². The lowest BCUT2D eigenvalue weighted by Crippen LogP contribution is -2.38. The Labute approximate surface area is 151 Å². The van der Waals surface area contributed by atoms with Crippen LogP contribution in [0.5, 0.6) is 0 Å². The predicted molar refractivity (Wildman–Crippen MR) is 96.0 cm³/mol. The van der Waals surface area contributed by atoms with Gasteiger partial charge in [-0.05, 0) is 35.2 Å². The van der Waals surface area contributed by atoms with Crippen LogP contribution in [-0.4, -0.2) is 23.1 Å². The highest BCUT2D eigenvalue weighted by Crippen LogP contribution is 2.09. The first-order chi connectivity index (χ1) is 12.5. The molecule has 0 aliphatic rings. The molecule has 0 heterocycles. The standard InChI is InChI=1S/C19H20N4O3/c20-10-16-3-1-2-15(8-16)9-17(18(24)25)22-11-13-4-6-14(7-5-13)12-23-19(21)26/h1-8,17,22H,9,11-12H2,(H,24,25)(H3,21,23,26). The summed E-state index contributed by atoms with van der Waals surface area (Å²) >= 11 is 0. The van der Waals surface area contributed by atoms with E-state index in [1.165, 1.54) is 0 Å². The van der Waals surface area contributed by atoms with Gasteiger partial charge >= 0.3 is 12.0 Å². The number of nitrogens with two attached hydrogens (primary N) is 1. The zero-order valence-electron chi connectivity index (χ0n) is 14.1. The number of aliphatic carboxylic acids is 1. The van der Waals surface area contributed by atoms with Crippen molar-refractivity contribution in [3.63, 3.8) is 0 Å². The molecule has 0 bridgehead atoms. The minimum absolute atomic E-state index is 0.283. The molecule has 1 atom stereocenters. The molecule has 0 saturated carbocycles. The molecule has 0 spiro atoms. The van der Waals surface area contributed by atoms with E-state index >= 15 is 0 Å². The molecule has 0 aliphatic carbocycles. The molecular weight excluding hydrogens is 332 g/mol. The fourth-order valence-corrected chi connectivity index (χ4v) is 2.46. The van der Waals surface area contributed by atoms with Gasteiger partial charge in [0.25, 0.3) is 0 Å². The molecule has 0 radical (unpaired) electrons. The third kappa shape index (κ3) is 5.92. The second-order valence-corrected chi connectivity index (χ2v) is 5.82. The molecule has 0 fully saturated rings. The summed E-state index contributed by atoms with van der Waals surface area (Å²) in [6.45, 7) is 0.731. The number of hydrogen-bond acceptors (Lipinski definition) is 4. The topological polar surface area (TPSA) is 128 Å². The maximum atomic E-state index is 11.5. The SMILES string of the molecule is N#Cc1cccc(CC(NCc2ccc(CNC(N)=O)cc2)C(=O)O)c1. The van der Waals surface area contributed by atoms with Crippen molar-refractivity contribution in [3.05, 3.63) is 70.8 Å². The number of nitrogens with zero attached hydrogens (tertiary/aromatic N) is 1. The minimum Gasteiger partial charge on any atom is -0.480 e. The smallest absolute Gasteiger partial charge is 0.321 e. The van der Waals surface area contributed by atoms with Crippen LogP contribution in [0.2, 0.25) is 0 Å². The highest BCUT2D eigenvalue weighted by Gasteiger charge is 2.17. The van der Waals surface area contributed by atoms with E-state index in [4.69, 9.17) is 11.0 Å². The number of primary amides is 1.